The maximum Gasteiger partial charge on any atom is 0.244 e. The molecule has 36 heavy (non-hydrogen) atoms. The summed E-state index contributed by atoms with van der Waals surface area (Å²) in [6.45, 7) is 3.54. The molecule has 2 amide bonds. The van der Waals surface area contributed by atoms with Gasteiger partial charge in [0, 0.05) is 38.7 Å². The summed E-state index contributed by atoms with van der Waals surface area (Å²) in [7, 11) is -3.92. The van der Waals surface area contributed by atoms with Crippen LogP contribution in [0.2, 0.25) is 20.1 Å². The second kappa shape index (κ2) is 13.7. The lowest BCUT2D eigenvalue weighted by atomic mass is 10.1. The van der Waals surface area contributed by atoms with Gasteiger partial charge in [0.1, 0.15) is 12.6 Å². The number of hydrogen-bond donors (Lipinski definition) is 1. The van der Waals surface area contributed by atoms with Crippen LogP contribution in [0.4, 0.5) is 5.69 Å². The molecule has 0 aliphatic heterocycles. The Bertz CT molecular complexity index is 1150. The standard InChI is InChI=1S/C24H29Cl4N3O4S/c1-4-6-10-29-24(33)22(5-2)30(14-19-20(27)8-7-9-21(19)28)23(32)15-31(36(3,34)35)18-12-16(25)11-17(26)13-18/h7-9,11-13,22H,4-6,10,14-15H2,1-3H3,(H,29,33)/t22-/m1/s1. The number of unbranched alkanes of at least 4 members (excludes halogenated alkanes) is 1. The fourth-order valence-corrected chi connectivity index (χ4v) is 5.44. The average molecular weight is 597 g/mol. The highest BCUT2D eigenvalue weighted by Gasteiger charge is 2.32. The Hall–Kier alpha value is -1.71. The van der Waals surface area contributed by atoms with E-state index in [0.29, 0.717) is 22.2 Å². The minimum absolute atomic E-state index is 0.0923. The summed E-state index contributed by atoms with van der Waals surface area (Å²) in [5, 5.41) is 3.91. The molecule has 1 N–H and O–H groups in total. The highest BCUT2D eigenvalue weighted by molar-refractivity contribution is 7.92. The van der Waals surface area contributed by atoms with E-state index >= 15 is 0 Å². The van der Waals surface area contributed by atoms with Crippen molar-refractivity contribution in [2.45, 2.75) is 45.7 Å². The molecule has 0 aliphatic carbocycles. The van der Waals surface area contributed by atoms with Crippen molar-refractivity contribution in [2.75, 3.05) is 23.7 Å². The second-order valence-electron chi connectivity index (χ2n) is 8.19. The lowest BCUT2D eigenvalue weighted by Crippen LogP contribution is -2.52. The van der Waals surface area contributed by atoms with Gasteiger partial charge >= 0.3 is 0 Å². The molecule has 12 heteroatoms. The average Bonchev–Trinajstić information content (AvgIpc) is 2.77. The van der Waals surface area contributed by atoms with Crippen LogP contribution in [0.5, 0.6) is 0 Å². The number of halogens is 4. The molecule has 0 saturated carbocycles. The first-order valence-electron chi connectivity index (χ1n) is 11.3. The molecule has 0 spiro atoms. The Kier molecular flexibility index (Phi) is 11.6. The smallest absolute Gasteiger partial charge is 0.244 e. The molecule has 0 unspecified atom stereocenters. The van der Waals surface area contributed by atoms with Crippen molar-refractivity contribution in [3.63, 3.8) is 0 Å². The first-order chi connectivity index (χ1) is 16.9. The van der Waals surface area contributed by atoms with Gasteiger partial charge in [-0.1, -0.05) is 72.7 Å². The van der Waals surface area contributed by atoms with Crippen molar-refractivity contribution in [3.05, 3.63) is 62.1 Å². The summed E-state index contributed by atoms with van der Waals surface area (Å²) in [6.07, 6.45) is 2.93. The number of amides is 2. The van der Waals surface area contributed by atoms with Crippen LogP contribution in [0, 0.1) is 0 Å². The number of carbonyl (C=O) groups excluding carboxylic acids is 2. The number of carbonyl (C=O) groups is 2. The fraction of sp³-hybridized carbons (Fsp3) is 0.417. The summed E-state index contributed by atoms with van der Waals surface area (Å²) >= 11 is 24.9. The van der Waals surface area contributed by atoms with Crippen LogP contribution >= 0.6 is 46.4 Å². The maximum absolute atomic E-state index is 13.7. The zero-order valence-electron chi connectivity index (χ0n) is 20.2. The predicted molar refractivity (Wildman–Crippen MR) is 148 cm³/mol. The van der Waals surface area contributed by atoms with E-state index < -0.39 is 28.5 Å². The molecule has 1 atom stereocenters. The minimum atomic E-state index is -3.92. The highest BCUT2D eigenvalue weighted by atomic mass is 35.5. The van der Waals surface area contributed by atoms with Crippen LogP contribution in [-0.2, 0) is 26.2 Å². The van der Waals surface area contributed by atoms with Crippen molar-refractivity contribution < 1.29 is 18.0 Å². The largest absolute Gasteiger partial charge is 0.354 e. The number of nitrogens with zero attached hydrogens (tertiary/aromatic N) is 2. The first-order valence-corrected chi connectivity index (χ1v) is 14.7. The van der Waals surface area contributed by atoms with Crippen molar-refractivity contribution >= 4 is 73.9 Å². The zero-order valence-corrected chi connectivity index (χ0v) is 24.1. The molecule has 2 aromatic rings. The van der Waals surface area contributed by atoms with Gasteiger partial charge in [-0.25, -0.2) is 8.42 Å². The van der Waals surface area contributed by atoms with E-state index in [9.17, 15) is 18.0 Å². The van der Waals surface area contributed by atoms with Gasteiger partial charge in [-0.2, -0.15) is 0 Å². The summed E-state index contributed by atoms with van der Waals surface area (Å²) in [5.74, 6) is -0.968. The van der Waals surface area contributed by atoms with Crippen LogP contribution in [0.1, 0.15) is 38.7 Å². The number of sulfonamides is 1. The zero-order chi connectivity index (χ0) is 27.0. The van der Waals surface area contributed by atoms with Crippen molar-refractivity contribution in [3.8, 4) is 0 Å². The number of benzene rings is 2. The fourth-order valence-electron chi connectivity index (χ4n) is 3.58. The van der Waals surface area contributed by atoms with Crippen molar-refractivity contribution in [2.24, 2.45) is 0 Å². The molecule has 0 aromatic heterocycles. The molecular weight excluding hydrogens is 568 g/mol. The highest BCUT2D eigenvalue weighted by Crippen LogP contribution is 2.29. The summed E-state index contributed by atoms with van der Waals surface area (Å²) in [5.41, 5.74) is 0.574. The molecule has 0 aliphatic rings. The van der Waals surface area contributed by atoms with Gasteiger partial charge in [-0.15, -0.1) is 0 Å². The summed E-state index contributed by atoms with van der Waals surface area (Å²) < 4.78 is 26.2. The molecule has 0 bridgehead atoms. The SMILES string of the molecule is CCCCNC(=O)[C@@H](CC)N(Cc1c(Cl)cccc1Cl)C(=O)CN(c1cc(Cl)cc(Cl)c1)S(C)(=O)=O. The Balaban J connectivity index is 2.49. The van der Waals surface area contributed by atoms with E-state index in [0.717, 1.165) is 23.4 Å². The lowest BCUT2D eigenvalue weighted by molar-refractivity contribution is -0.140. The first kappa shape index (κ1) is 30.5. The number of rotatable bonds is 12. The van der Waals surface area contributed by atoms with Gasteiger partial charge in [0.15, 0.2) is 0 Å². The van der Waals surface area contributed by atoms with Crippen LogP contribution in [-0.4, -0.2) is 50.5 Å². The van der Waals surface area contributed by atoms with E-state index in [2.05, 4.69) is 5.32 Å². The van der Waals surface area contributed by atoms with Gasteiger partial charge in [-0.05, 0) is 43.2 Å². The van der Waals surface area contributed by atoms with Gasteiger partial charge < -0.3 is 10.2 Å². The van der Waals surface area contributed by atoms with E-state index in [-0.39, 0.29) is 34.6 Å². The molecule has 198 valence electrons. The number of hydrogen-bond acceptors (Lipinski definition) is 4. The molecular formula is C24H29Cl4N3O4S. The number of nitrogens with one attached hydrogen (secondary N) is 1. The Morgan fingerprint density at radius 1 is 1.00 bits per heavy atom. The molecule has 2 aromatic carbocycles. The normalized spacial score (nSPS) is 12.2. The summed E-state index contributed by atoms with van der Waals surface area (Å²) in [6, 6.07) is 8.29. The van der Waals surface area contributed by atoms with Gasteiger partial charge in [-0.3, -0.25) is 13.9 Å². The quantitative estimate of drug-likeness (QED) is 0.314. The van der Waals surface area contributed by atoms with Crippen LogP contribution < -0.4 is 9.62 Å². The summed E-state index contributed by atoms with van der Waals surface area (Å²) in [4.78, 5) is 28.1. The number of anilines is 1. The third-order valence-electron chi connectivity index (χ3n) is 5.42. The molecule has 0 fully saturated rings. The minimum Gasteiger partial charge on any atom is -0.354 e. The Morgan fingerprint density at radius 2 is 1.58 bits per heavy atom. The maximum atomic E-state index is 13.7. The lowest BCUT2D eigenvalue weighted by Gasteiger charge is -2.33. The molecule has 0 radical (unpaired) electrons. The third kappa shape index (κ3) is 8.42. The van der Waals surface area contributed by atoms with Crippen molar-refractivity contribution in [1.82, 2.24) is 10.2 Å². The second-order valence-corrected chi connectivity index (χ2v) is 11.8. The van der Waals surface area contributed by atoms with Crippen molar-refractivity contribution in [1.29, 1.82) is 0 Å². The molecule has 7 nitrogen and oxygen atoms in total. The predicted octanol–water partition coefficient (Wildman–Crippen LogP) is 5.79. The van der Waals surface area contributed by atoms with E-state index in [1.54, 1.807) is 25.1 Å². The van der Waals surface area contributed by atoms with Gasteiger partial charge in [0.05, 0.1) is 11.9 Å². The third-order valence-corrected chi connectivity index (χ3v) is 7.71. The van der Waals surface area contributed by atoms with Crippen LogP contribution in [0.25, 0.3) is 0 Å². The van der Waals surface area contributed by atoms with E-state index in [4.69, 9.17) is 46.4 Å². The van der Waals surface area contributed by atoms with Crippen LogP contribution in [0.15, 0.2) is 36.4 Å². The van der Waals surface area contributed by atoms with E-state index in [1.165, 1.54) is 23.1 Å². The Morgan fingerprint density at radius 3 is 2.08 bits per heavy atom. The van der Waals surface area contributed by atoms with E-state index in [1.807, 2.05) is 6.92 Å². The molecule has 0 saturated heterocycles. The van der Waals surface area contributed by atoms with Crippen LogP contribution in [0.3, 0.4) is 0 Å². The molecule has 2 rings (SSSR count). The molecule has 0 heterocycles. The van der Waals surface area contributed by atoms with Gasteiger partial charge in [0.2, 0.25) is 21.8 Å². The monoisotopic (exact) mass is 595 g/mol. The van der Waals surface area contributed by atoms with Gasteiger partial charge in [0.25, 0.3) is 0 Å². The topological polar surface area (TPSA) is 86.8 Å². The Labute approximate surface area is 232 Å².